The fourth-order valence-electron chi connectivity index (χ4n) is 10.7. The number of para-hydroxylation sites is 2. The first-order chi connectivity index (χ1) is 37.2. The molecule has 4 aliphatic rings. The standard InChI is InChI=1S/C28H44N10.C27H42N10/c1-2-8-22(9-3-1)31-16-6-14-29-15-7-19-38-21-24(36-37-38)20-32-28-34-26-11-5-4-10-25(26)27(35-28)33-23-12-17-30-18-13-23;1-2-7-21(8-3-1)30-17-16-28-13-6-18-37-20-23(35-36-37)19-31-27-33-25-10-5-4-9-24(25)26(34-27)32-22-11-14-29-15-12-22/h4-5,10-11,21-23,29-31H,1-3,6-9,12-20H2,(H2,32,33,34,35);4-5,9-10,20-22,28-30H,1-3,6-8,11-19H2,(H2,31,32,33,34). The molecular weight excluding hydrogens is 941 g/mol. The SMILES string of the molecule is c1ccc2c(NC3CCNCC3)nc(NCc3cn(CCCNCCCNC4CCCCC4)nn3)nc2c1.c1ccc2c(NC3CCNCC3)nc(NCc3cn(CCCNCCNC4CCCCC4)nn3)nc2c1. The summed E-state index contributed by atoms with van der Waals surface area (Å²) in [6, 6.07) is 18.7. The maximum Gasteiger partial charge on any atom is 0.225 e. The number of aryl methyl sites for hydroxylation is 2. The maximum atomic E-state index is 4.81. The Morgan fingerprint density at radius 2 is 0.907 bits per heavy atom. The molecule has 2 saturated heterocycles. The molecule has 6 aromatic rings. The van der Waals surface area contributed by atoms with Gasteiger partial charge < -0.3 is 53.2 Å². The summed E-state index contributed by atoms with van der Waals surface area (Å²) in [5.74, 6) is 3.00. The Morgan fingerprint density at radius 3 is 1.41 bits per heavy atom. The largest absolute Gasteiger partial charge is 0.367 e. The highest BCUT2D eigenvalue weighted by Crippen LogP contribution is 2.26. The van der Waals surface area contributed by atoms with Crippen molar-refractivity contribution in [2.24, 2.45) is 0 Å². The summed E-state index contributed by atoms with van der Waals surface area (Å²) in [5, 5.41) is 54.7. The predicted octanol–water partition coefficient (Wildman–Crippen LogP) is 6.19. The molecule has 0 atom stereocenters. The van der Waals surface area contributed by atoms with Crippen LogP contribution in [0.1, 0.15) is 121 Å². The van der Waals surface area contributed by atoms with E-state index < -0.39 is 0 Å². The molecule has 0 bridgehead atoms. The number of aromatic nitrogens is 10. The number of hydrogen-bond acceptors (Lipinski definition) is 18. The molecule has 406 valence electrons. The van der Waals surface area contributed by atoms with E-state index in [1.54, 1.807) is 0 Å². The molecule has 0 radical (unpaired) electrons. The summed E-state index contributed by atoms with van der Waals surface area (Å²) in [7, 11) is 0. The molecule has 2 aromatic carbocycles. The fourth-order valence-corrected chi connectivity index (χ4v) is 10.7. The molecule has 0 spiro atoms. The third kappa shape index (κ3) is 18.0. The van der Waals surface area contributed by atoms with Crippen LogP contribution in [0.15, 0.2) is 60.9 Å². The van der Waals surface area contributed by atoms with Crippen molar-refractivity contribution in [3.8, 4) is 0 Å². The summed E-state index contributed by atoms with van der Waals surface area (Å²) in [6.45, 7) is 13.2. The van der Waals surface area contributed by atoms with Crippen LogP contribution >= 0.6 is 0 Å². The first-order valence-corrected chi connectivity index (χ1v) is 28.8. The van der Waals surface area contributed by atoms with Crippen LogP contribution in [0.25, 0.3) is 21.8 Å². The molecule has 10 N–H and O–H groups in total. The molecule has 2 aliphatic carbocycles. The minimum absolute atomic E-state index is 0.426. The van der Waals surface area contributed by atoms with E-state index in [0.717, 1.165) is 174 Å². The van der Waals surface area contributed by atoms with Gasteiger partial charge in [-0.05, 0) is 147 Å². The lowest BCUT2D eigenvalue weighted by Gasteiger charge is -2.25. The van der Waals surface area contributed by atoms with Crippen LogP contribution in [0.2, 0.25) is 0 Å². The second kappa shape index (κ2) is 30.2. The van der Waals surface area contributed by atoms with Crippen LogP contribution in [0.5, 0.6) is 0 Å². The van der Waals surface area contributed by atoms with Crippen molar-refractivity contribution in [3.05, 3.63) is 72.3 Å². The number of rotatable bonds is 27. The number of piperidine rings is 2. The number of hydrogen-bond donors (Lipinski definition) is 10. The van der Waals surface area contributed by atoms with Gasteiger partial charge in [0.25, 0.3) is 0 Å². The summed E-state index contributed by atoms with van der Waals surface area (Å²) in [4.78, 5) is 19.1. The predicted molar refractivity (Wildman–Crippen MR) is 302 cm³/mol. The Bertz CT molecular complexity index is 2540. The minimum Gasteiger partial charge on any atom is -0.367 e. The second-order valence-electron chi connectivity index (χ2n) is 21.0. The van der Waals surface area contributed by atoms with E-state index in [9.17, 15) is 0 Å². The molecule has 4 aromatic heterocycles. The van der Waals surface area contributed by atoms with Crippen LogP contribution in [-0.2, 0) is 26.2 Å². The van der Waals surface area contributed by atoms with Crippen LogP contribution < -0.4 is 53.2 Å². The molecule has 20 nitrogen and oxygen atoms in total. The second-order valence-corrected chi connectivity index (χ2v) is 21.0. The first kappa shape index (κ1) is 54.2. The third-order valence-electron chi connectivity index (χ3n) is 15.0. The zero-order valence-corrected chi connectivity index (χ0v) is 44.5. The van der Waals surface area contributed by atoms with Gasteiger partial charge in [-0.1, -0.05) is 73.2 Å². The lowest BCUT2D eigenvalue weighted by Crippen LogP contribution is -2.36. The van der Waals surface area contributed by atoms with Crippen molar-refractivity contribution in [1.82, 2.24) is 81.8 Å². The van der Waals surface area contributed by atoms with Crippen molar-refractivity contribution in [1.29, 1.82) is 0 Å². The van der Waals surface area contributed by atoms with Crippen LogP contribution in [0, 0.1) is 0 Å². The van der Waals surface area contributed by atoms with Gasteiger partial charge in [-0.2, -0.15) is 9.97 Å². The quantitative estimate of drug-likeness (QED) is 0.0259. The van der Waals surface area contributed by atoms with E-state index in [2.05, 4.69) is 85.9 Å². The molecule has 2 saturated carbocycles. The fraction of sp³-hybridized carbons (Fsp3) is 0.636. The Balaban J connectivity index is 0.000000184. The number of nitrogens with one attached hydrogen (secondary N) is 10. The molecular formula is C55H86N20. The van der Waals surface area contributed by atoms with Gasteiger partial charge >= 0.3 is 0 Å². The van der Waals surface area contributed by atoms with E-state index in [1.165, 1.54) is 70.6 Å². The summed E-state index contributed by atoms with van der Waals surface area (Å²) in [6.07, 6.45) is 25.4. The van der Waals surface area contributed by atoms with Gasteiger partial charge in [0.1, 0.15) is 23.0 Å². The topological polar surface area (TPSA) is 233 Å². The molecule has 10 rings (SSSR count). The highest BCUT2D eigenvalue weighted by atomic mass is 15.4. The van der Waals surface area contributed by atoms with Crippen molar-refractivity contribution < 1.29 is 0 Å². The Kier molecular flexibility index (Phi) is 21.8. The van der Waals surface area contributed by atoms with Crippen LogP contribution in [0.3, 0.4) is 0 Å². The summed E-state index contributed by atoms with van der Waals surface area (Å²) in [5.41, 5.74) is 3.63. The highest BCUT2D eigenvalue weighted by molar-refractivity contribution is 5.91. The van der Waals surface area contributed by atoms with E-state index in [-0.39, 0.29) is 0 Å². The van der Waals surface area contributed by atoms with Gasteiger partial charge in [0.05, 0.1) is 36.5 Å². The van der Waals surface area contributed by atoms with Gasteiger partial charge in [-0.15, -0.1) is 10.2 Å². The summed E-state index contributed by atoms with van der Waals surface area (Å²) < 4.78 is 3.85. The Labute approximate surface area is 444 Å². The maximum absolute atomic E-state index is 4.81. The summed E-state index contributed by atoms with van der Waals surface area (Å²) >= 11 is 0. The smallest absolute Gasteiger partial charge is 0.225 e. The van der Waals surface area contributed by atoms with E-state index in [0.29, 0.717) is 37.1 Å². The van der Waals surface area contributed by atoms with Crippen molar-refractivity contribution >= 4 is 45.3 Å². The number of fused-ring (bicyclic) bond motifs is 2. The average Bonchev–Trinajstić information content (AvgIpc) is 4.13. The molecule has 20 heteroatoms. The third-order valence-corrected chi connectivity index (χ3v) is 15.0. The number of nitrogens with zero attached hydrogens (tertiary/aromatic N) is 10. The Hall–Kier alpha value is -5.64. The molecule has 6 heterocycles. The Morgan fingerprint density at radius 1 is 0.453 bits per heavy atom. The van der Waals surface area contributed by atoms with E-state index in [1.807, 2.05) is 58.2 Å². The van der Waals surface area contributed by atoms with Gasteiger partial charge in [0, 0.05) is 61.1 Å². The zero-order valence-electron chi connectivity index (χ0n) is 44.5. The van der Waals surface area contributed by atoms with E-state index in [4.69, 9.17) is 19.9 Å². The van der Waals surface area contributed by atoms with Gasteiger partial charge in [0.2, 0.25) is 11.9 Å². The average molecular weight is 1030 g/mol. The van der Waals surface area contributed by atoms with Gasteiger partial charge in [-0.3, -0.25) is 9.36 Å². The minimum atomic E-state index is 0.426. The lowest BCUT2D eigenvalue weighted by atomic mass is 9.95. The zero-order chi connectivity index (χ0) is 51.0. The van der Waals surface area contributed by atoms with Crippen molar-refractivity contribution in [2.45, 2.75) is 160 Å². The first-order valence-electron chi connectivity index (χ1n) is 28.8. The number of benzene rings is 2. The van der Waals surface area contributed by atoms with Gasteiger partial charge in [-0.25, -0.2) is 9.97 Å². The normalized spacial score (nSPS) is 17.2. The highest BCUT2D eigenvalue weighted by Gasteiger charge is 2.19. The van der Waals surface area contributed by atoms with Crippen LogP contribution in [-0.4, -0.2) is 140 Å². The van der Waals surface area contributed by atoms with Crippen LogP contribution in [0.4, 0.5) is 23.5 Å². The van der Waals surface area contributed by atoms with Crippen molar-refractivity contribution in [3.63, 3.8) is 0 Å². The monoisotopic (exact) mass is 1030 g/mol. The molecule has 0 amide bonds. The lowest BCUT2D eigenvalue weighted by molar-refractivity contribution is 0.371. The van der Waals surface area contributed by atoms with Crippen molar-refractivity contribution in [2.75, 3.05) is 86.7 Å². The van der Waals surface area contributed by atoms with E-state index >= 15 is 0 Å². The number of anilines is 4. The molecule has 75 heavy (non-hydrogen) atoms. The molecule has 4 fully saturated rings. The molecule has 0 unspecified atom stereocenters. The van der Waals surface area contributed by atoms with Gasteiger partial charge in [0.15, 0.2) is 0 Å². The molecule has 2 aliphatic heterocycles.